The Kier molecular flexibility index (Phi) is 4.70. The smallest absolute Gasteiger partial charge is 0.161 e. The molecule has 2 nitrogen and oxygen atoms in total. The SMILES string of the molecule is Clc1cccc(-c2nc(Cl)cc(-c3ccc(-c4ccccc4)cc3)n2)c1. The van der Waals surface area contributed by atoms with Crippen molar-refractivity contribution in [1.82, 2.24) is 9.97 Å². The van der Waals surface area contributed by atoms with E-state index in [1.54, 1.807) is 6.07 Å². The summed E-state index contributed by atoms with van der Waals surface area (Å²) in [7, 11) is 0. The second kappa shape index (κ2) is 7.28. The molecule has 0 radical (unpaired) electrons. The first-order chi connectivity index (χ1) is 12.7. The monoisotopic (exact) mass is 376 g/mol. The van der Waals surface area contributed by atoms with E-state index in [1.807, 2.05) is 54.6 Å². The van der Waals surface area contributed by atoms with Crippen LogP contribution < -0.4 is 0 Å². The van der Waals surface area contributed by atoms with Crippen LogP contribution in [0.2, 0.25) is 10.2 Å². The van der Waals surface area contributed by atoms with Gasteiger partial charge in [0.05, 0.1) is 5.69 Å². The largest absolute Gasteiger partial charge is 0.228 e. The molecule has 0 spiro atoms. The molecule has 1 aromatic heterocycles. The molecule has 4 rings (SSSR count). The molecule has 0 fully saturated rings. The summed E-state index contributed by atoms with van der Waals surface area (Å²) >= 11 is 12.3. The number of benzene rings is 3. The summed E-state index contributed by atoms with van der Waals surface area (Å²) in [5.41, 5.74) is 4.93. The normalized spacial score (nSPS) is 10.7. The average Bonchev–Trinajstić information content (AvgIpc) is 2.68. The van der Waals surface area contributed by atoms with Crippen molar-refractivity contribution in [2.45, 2.75) is 0 Å². The molecule has 0 N–H and O–H groups in total. The van der Waals surface area contributed by atoms with E-state index in [1.165, 1.54) is 5.56 Å². The van der Waals surface area contributed by atoms with E-state index in [9.17, 15) is 0 Å². The molecule has 0 atom stereocenters. The van der Waals surface area contributed by atoms with Gasteiger partial charge in [0, 0.05) is 22.2 Å². The lowest BCUT2D eigenvalue weighted by molar-refractivity contribution is 1.18. The number of rotatable bonds is 3. The summed E-state index contributed by atoms with van der Waals surface area (Å²) in [5, 5.41) is 1.04. The van der Waals surface area contributed by atoms with E-state index in [0.29, 0.717) is 16.0 Å². The van der Waals surface area contributed by atoms with Crippen molar-refractivity contribution in [1.29, 1.82) is 0 Å². The van der Waals surface area contributed by atoms with Gasteiger partial charge >= 0.3 is 0 Å². The molecule has 4 aromatic rings. The van der Waals surface area contributed by atoms with Crippen molar-refractivity contribution in [2.75, 3.05) is 0 Å². The van der Waals surface area contributed by atoms with Crippen LogP contribution in [0, 0.1) is 0 Å². The zero-order chi connectivity index (χ0) is 17.9. The first-order valence-electron chi connectivity index (χ1n) is 8.15. The lowest BCUT2D eigenvalue weighted by Crippen LogP contribution is -1.93. The molecule has 1 heterocycles. The van der Waals surface area contributed by atoms with Crippen molar-refractivity contribution in [3.63, 3.8) is 0 Å². The molecule has 0 bridgehead atoms. The van der Waals surface area contributed by atoms with Crippen LogP contribution in [0.1, 0.15) is 0 Å². The molecule has 26 heavy (non-hydrogen) atoms. The lowest BCUT2D eigenvalue weighted by Gasteiger charge is -2.07. The summed E-state index contributed by atoms with van der Waals surface area (Å²) in [4.78, 5) is 8.99. The van der Waals surface area contributed by atoms with Gasteiger partial charge in [-0.25, -0.2) is 9.97 Å². The van der Waals surface area contributed by atoms with Crippen LogP contribution >= 0.6 is 23.2 Å². The molecular weight excluding hydrogens is 363 g/mol. The van der Waals surface area contributed by atoms with E-state index in [2.05, 4.69) is 34.2 Å². The fourth-order valence-corrected chi connectivity index (χ4v) is 3.16. The van der Waals surface area contributed by atoms with Gasteiger partial charge in [0.2, 0.25) is 0 Å². The fourth-order valence-electron chi connectivity index (χ4n) is 2.79. The van der Waals surface area contributed by atoms with Gasteiger partial charge in [0.25, 0.3) is 0 Å². The van der Waals surface area contributed by atoms with E-state index >= 15 is 0 Å². The molecule has 0 unspecified atom stereocenters. The molecule has 0 saturated heterocycles. The molecule has 0 amide bonds. The zero-order valence-electron chi connectivity index (χ0n) is 13.7. The third-order valence-electron chi connectivity index (χ3n) is 4.07. The molecule has 0 saturated carbocycles. The second-order valence-electron chi connectivity index (χ2n) is 5.85. The van der Waals surface area contributed by atoms with E-state index < -0.39 is 0 Å². The molecule has 0 aliphatic carbocycles. The van der Waals surface area contributed by atoms with Gasteiger partial charge < -0.3 is 0 Å². The predicted molar refractivity (Wildman–Crippen MR) is 108 cm³/mol. The average molecular weight is 377 g/mol. The van der Waals surface area contributed by atoms with Crippen molar-refractivity contribution >= 4 is 23.2 Å². The maximum absolute atomic E-state index is 6.23. The number of hydrogen-bond donors (Lipinski definition) is 0. The minimum absolute atomic E-state index is 0.400. The Morgan fingerprint density at radius 2 is 1.19 bits per heavy atom. The lowest BCUT2D eigenvalue weighted by atomic mass is 10.0. The van der Waals surface area contributed by atoms with Crippen LogP contribution in [0.5, 0.6) is 0 Å². The Labute approximate surface area is 162 Å². The zero-order valence-corrected chi connectivity index (χ0v) is 15.2. The quantitative estimate of drug-likeness (QED) is 0.368. The molecule has 4 heteroatoms. The topological polar surface area (TPSA) is 25.8 Å². The Balaban J connectivity index is 1.72. The van der Waals surface area contributed by atoms with E-state index in [-0.39, 0.29) is 0 Å². The van der Waals surface area contributed by atoms with Crippen LogP contribution in [0.25, 0.3) is 33.8 Å². The van der Waals surface area contributed by atoms with Crippen molar-refractivity contribution < 1.29 is 0 Å². The summed E-state index contributed by atoms with van der Waals surface area (Å²) in [6.45, 7) is 0. The molecule has 0 aliphatic heterocycles. The minimum atomic E-state index is 0.400. The maximum Gasteiger partial charge on any atom is 0.161 e. The summed E-state index contributed by atoms with van der Waals surface area (Å²) in [6, 6.07) is 27.7. The summed E-state index contributed by atoms with van der Waals surface area (Å²) in [5.74, 6) is 0.558. The maximum atomic E-state index is 6.23. The number of nitrogens with zero attached hydrogens (tertiary/aromatic N) is 2. The van der Waals surface area contributed by atoms with Gasteiger partial charge in [-0.15, -0.1) is 0 Å². The van der Waals surface area contributed by atoms with Crippen LogP contribution in [0.4, 0.5) is 0 Å². The summed E-state index contributed by atoms with van der Waals surface area (Å²) < 4.78 is 0. The third-order valence-corrected chi connectivity index (χ3v) is 4.49. The number of aromatic nitrogens is 2. The van der Waals surface area contributed by atoms with Crippen LogP contribution in [-0.4, -0.2) is 9.97 Å². The molecule has 3 aromatic carbocycles. The van der Waals surface area contributed by atoms with Gasteiger partial charge in [-0.3, -0.25) is 0 Å². The highest BCUT2D eigenvalue weighted by molar-refractivity contribution is 6.31. The second-order valence-corrected chi connectivity index (χ2v) is 6.68. The molecule has 126 valence electrons. The molecular formula is C22H14Cl2N2. The first-order valence-corrected chi connectivity index (χ1v) is 8.91. The van der Waals surface area contributed by atoms with Gasteiger partial charge in [-0.1, -0.05) is 89.9 Å². The highest BCUT2D eigenvalue weighted by Gasteiger charge is 2.09. The fraction of sp³-hybridized carbons (Fsp3) is 0. The number of halogens is 2. The van der Waals surface area contributed by atoms with Gasteiger partial charge in [0.1, 0.15) is 5.15 Å². The predicted octanol–water partition coefficient (Wildman–Crippen LogP) is 6.78. The Morgan fingerprint density at radius 1 is 0.538 bits per heavy atom. The van der Waals surface area contributed by atoms with Crippen molar-refractivity contribution in [3.05, 3.63) is 95.1 Å². The van der Waals surface area contributed by atoms with Crippen molar-refractivity contribution in [3.8, 4) is 33.8 Å². The van der Waals surface area contributed by atoms with Crippen molar-refractivity contribution in [2.24, 2.45) is 0 Å². The summed E-state index contributed by atoms with van der Waals surface area (Å²) in [6.07, 6.45) is 0. The van der Waals surface area contributed by atoms with Crippen LogP contribution in [0.15, 0.2) is 84.9 Å². The van der Waals surface area contributed by atoms with E-state index in [4.69, 9.17) is 23.2 Å². The Hall–Kier alpha value is -2.68. The Bertz CT molecular complexity index is 1050. The first kappa shape index (κ1) is 16.8. The highest BCUT2D eigenvalue weighted by Crippen LogP contribution is 2.27. The van der Waals surface area contributed by atoms with Gasteiger partial charge in [0.15, 0.2) is 5.82 Å². The van der Waals surface area contributed by atoms with Gasteiger partial charge in [-0.2, -0.15) is 0 Å². The standard InChI is InChI=1S/C22H14Cl2N2/c23-19-8-4-7-18(13-19)22-25-20(14-21(24)26-22)17-11-9-16(10-12-17)15-5-2-1-3-6-15/h1-14H. The van der Waals surface area contributed by atoms with Crippen LogP contribution in [0.3, 0.4) is 0 Å². The third kappa shape index (κ3) is 3.62. The Morgan fingerprint density at radius 3 is 1.92 bits per heavy atom. The van der Waals surface area contributed by atoms with Gasteiger partial charge in [-0.05, 0) is 23.3 Å². The van der Waals surface area contributed by atoms with Crippen LogP contribution in [-0.2, 0) is 0 Å². The minimum Gasteiger partial charge on any atom is -0.228 e. The highest BCUT2D eigenvalue weighted by atomic mass is 35.5. The number of hydrogen-bond acceptors (Lipinski definition) is 2. The molecule has 0 aliphatic rings. The van der Waals surface area contributed by atoms with E-state index in [0.717, 1.165) is 22.4 Å².